The molecule has 6 nitrogen and oxygen atoms in total. The van der Waals surface area contributed by atoms with Crippen LogP contribution in [-0.4, -0.2) is 32.6 Å². The molecule has 0 fully saturated rings. The Kier molecular flexibility index (Phi) is 17.7. The Hall–Kier alpha value is -1.81. The highest BCUT2D eigenvalue weighted by atomic mass is 31.0. The Morgan fingerprint density at radius 2 is 1.38 bits per heavy atom. The first-order chi connectivity index (χ1) is 15.5. The molecule has 0 saturated carbocycles. The SMILES string of the molecule is CCCCCCCCCCOC(=O)C(CC(C)C)C(=O)c1c(OC)cccc1OC.O=[PH3]. The summed E-state index contributed by atoms with van der Waals surface area (Å²) < 4.78 is 24.5. The van der Waals surface area contributed by atoms with Crippen molar-refractivity contribution in [3.05, 3.63) is 23.8 Å². The van der Waals surface area contributed by atoms with Crippen LogP contribution < -0.4 is 9.47 Å². The van der Waals surface area contributed by atoms with Crippen molar-refractivity contribution in [3.63, 3.8) is 0 Å². The number of ketones is 1. The summed E-state index contributed by atoms with van der Waals surface area (Å²) >= 11 is 0. The first-order valence-corrected chi connectivity index (χ1v) is 12.2. The van der Waals surface area contributed by atoms with Gasteiger partial charge in [-0.25, -0.2) is 0 Å². The van der Waals surface area contributed by atoms with Gasteiger partial charge in [0.2, 0.25) is 0 Å². The number of ether oxygens (including phenoxy) is 3. The molecule has 0 saturated heterocycles. The summed E-state index contributed by atoms with van der Waals surface area (Å²) in [6, 6.07) is 5.16. The number of hydrogen-bond donors (Lipinski definition) is 0. The van der Waals surface area contributed by atoms with Crippen LogP contribution in [0, 0.1) is 11.8 Å². The first kappa shape index (κ1) is 30.2. The number of Topliss-reactive ketones (excluding diaryl/α,β-unsaturated/α-hetero) is 1. The zero-order valence-electron chi connectivity index (χ0n) is 20.6. The smallest absolute Gasteiger partial charge is 0.316 e. The average molecular weight is 471 g/mol. The van der Waals surface area contributed by atoms with E-state index in [1.807, 2.05) is 13.8 Å². The van der Waals surface area contributed by atoms with Crippen LogP contribution in [0.4, 0.5) is 0 Å². The summed E-state index contributed by atoms with van der Waals surface area (Å²) in [6.45, 7) is 6.56. The molecule has 0 bridgehead atoms. The van der Waals surface area contributed by atoms with E-state index in [9.17, 15) is 9.59 Å². The van der Waals surface area contributed by atoms with Gasteiger partial charge < -0.3 is 18.8 Å². The number of unbranched alkanes of at least 4 members (excludes halogenated alkanes) is 7. The normalized spacial score (nSPS) is 11.4. The fourth-order valence-electron chi connectivity index (χ4n) is 3.56. The predicted octanol–water partition coefficient (Wildman–Crippen LogP) is 6.17. The highest BCUT2D eigenvalue weighted by Gasteiger charge is 2.33. The van der Waals surface area contributed by atoms with Gasteiger partial charge in [-0.1, -0.05) is 71.8 Å². The van der Waals surface area contributed by atoms with Gasteiger partial charge in [0, 0.05) is 0 Å². The topological polar surface area (TPSA) is 78.9 Å². The maximum Gasteiger partial charge on any atom is 0.316 e. The van der Waals surface area contributed by atoms with E-state index in [2.05, 4.69) is 6.92 Å². The molecule has 2 atom stereocenters. The predicted molar refractivity (Wildman–Crippen MR) is 132 cm³/mol. The number of rotatable bonds is 16. The van der Waals surface area contributed by atoms with Crippen molar-refractivity contribution in [2.45, 2.75) is 78.6 Å². The third kappa shape index (κ3) is 11.2. The second-order valence-electron chi connectivity index (χ2n) is 8.23. The third-order valence-corrected chi connectivity index (χ3v) is 5.22. The van der Waals surface area contributed by atoms with Gasteiger partial charge >= 0.3 is 5.97 Å². The minimum Gasteiger partial charge on any atom is -0.496 e. The highest BCUT2D eigenvalue weighted by molar-refractivity contribution is 7.00. The van der Waals surface area contributed by atoms with E-state index in [0.717, 1.165) is 19.3 Å². The lowest BCUT2D eigenvalue weighted by molar-refractivity contribution is -0.147. The van der Waals surface area contributed by atoms with Crippen LogP contribution in [0.25, 0.3) is 0 Å². The minimum atomic E-state index is -0.857. The summed E-state index contributed by atoms with van der Waals surface area (Å²) in [5.74, 6) is -0.629. The van der Waals surface area contributed by atoms with E-state index < -0.39 is 11.9 Å². The second kappa shape index (κ2) is 18.7. The number of carbonyl (C=O) groups is 2. The minimum absolute atomic E-state index is 0.176. The van der Waals surface area contributed by atoms with Gasteiger partial charge in [0.25, 0.3) is 0 Å². The van der Waals surface area contributed by atoms with Crippen molar-refractivity contribution < 1.29 is 28.4 Å². The van der Waals surface area contributed by atoms with Crippen molar-refractivity contribution in [2.24, 2.45) is 11.8 Å². The number of hydrogen-bond acceptors (Lipinski definition) is 6. The van der Waals surface area contributed by atoms with Gasteiger partial charge in [0.15, 0.2) is 5.78 Å². The molecule has 1 rings (SSSR count). The lowest BCUT2D eigenvalue weighted by Gasteiger charge is -2.19. The van der Waals surface area contributed by atoms with E-state index in [1.165, 1.54) is 46.3 Å². The summed E-state index contributed by atoms with van der Waals surface area (Å²) in [5, 5.41) is 0. The van der Waals surface area contributed by atoms with Gasteiger partial charge in [-0.05, 0) is 30.9 Å². The van der Waals surface area contributed by atoms with Gasteiger partial charge in [0.1, 0.15) is 23.0 Å². The molecule has 0 N–H and O–H groups in total. The van der Waals surface area contributed by atoms with Gasteiger partial charge in [-0.15, -0.1) is 0 Å². The van der Waals surface area contributed by atoms with Crippen LogP contribution >= 0.6 is 9.12 Å². The standard InChI is InChI=1S/C25H40O5.H3OP/c1-6-7-8-9-10-11-12-13-17-30-25(27)20(18-19(2)3)24(26)23-21(28-4)15-14-16-22(23)29-5;1-2/h14-16,19-20H,6-13,17-18H2,1-5H3;2H3. The Balaban J connectivity index is 0.00000466. The van der Waals surface area contributed by atoms with Gasteiger partial charge in [-0.2, -0.15) is 0 Å². The lowest BCUT2D eigenvalue weighted by Crippen LogP contribution is -2.28. The van der Waals surface area contributed by atoms with Crippen molar-refractivity contribution >= 4 is 20.9 Å². The maximum absolute atomic E-state index is 13.3. The Bertz CT molecular complexity index is 640. The monoisotopic (exact) mass is 470 g/mol. The lowest BCUT2D eigenvalue weighted by atomic mass is 9.89. The van der Waals surface area contributed by atoms with Crippen molar-refractivity contribution in [3.8, 4) is 11.5 Å². The molecule has 0 spiro atoms. The van der Waals surface area contributed by atoms with Crippen molar-refractivity contribution in [1.29, 1.82) is 0 Å². The molecule has 0 aliphatic rings. The molecule has 0 aromatic heterocycles. The molecule has 0 aliphatic heterocycles. The second-order valence-corrected chi connectivity index (χ2v) is 8.23. The Morgan fingerprint density at radius 1 is 0.875 bits per heavy atom. The molecule has 0 amide bonds. The number of esters is 1. The fourth-order valence-corrected chi connectivity index (χ4v) is 3.56. The van der Waals surface area contributed by atoms with Gasteiger partial charge in [0.05, 0.1) is 29.9 Å². The zero-order valence-corrected chi connectivity index (χ0v) is 22.0. The summed E-state index contributed by atoms with van der Waals surface area (Å²) in [5.41, 5.74) is 0.303. The molecular formula is C25H43O6P. The first-order valence-electron chi connectivity index (χ1n) is 11.7. The van der Waals surface area contributed by atoms with E-state index >= 15 is 0 Å². The van der Waals surface area contributed by atoms with Crippen LogP contribution in [-0.2, 0) is 14.1 Å². The summed E-state index contributed by atoms with van der Waals surface area (Å²) in [6.07, 6.45) is 9.84. The van der Waals surface area contributed by atoms with Crippen molar-refractivity contribution in [2.75, 3.05) is 20.8 Å². The summed E-state index contributed by atoms with van der Waals surface area (Å²) in [7, 11) is 3.62. The van der Waals surface area contributed by atoms with Crippen LogP contribution in [0.5, 0.6) is 11.5 Å². The number of benzene rings is 1. The van der Waals surface area contributed by atoms with E-state index in [1.54, 1.807) is 18.2 Å². The third-order valence-electron chi connectivity index (χ3n) is 5.22. The number of methoxy groups -OCH3 is 2. The van der Waals surface area contributed by atoms with Crippen LogP contribution in [0.1, 0.15) is 88.9 Å². The molecule has 0 aliphatic carbocycles. The molecule has 7 heteroatoms. The van der Waals surface area contributed by atoms with Crippen LogP contribution in [0.3, 0.4) is 0 Å². The quantitative estimate of drug-likeness (QED) is 0.0945. The largest absolute Gasteiger partial charge is 0.496 e. The van der Waals surface area contributed by atoms with Gasteiger partial charge in [-0.3, -0.25) is 9.59 Å². The Labute approximate surface area is 196 Å². The molecule has 0 radical (unpaired) electrons. The molecule has 32 heavy (non-hydrogen) atoms. The summed E-state index contributed by atoms with van der Waals surface area (Å²) in [4.78, 5) is 26.1. The van der Waals surface area contributed by atoms with E-state index in [4.69, 9.17) is 18.8 Å². The molecule has 1 aromatic rings. The van der Waals surface area contributed by atoms with Crippen molar-refractivity contribution in [1.82, 2.24) is 0 Å². The highest BCUT2D eigenvalue weighted by Crippen LogP contribution is 2.32. The maximum atomic E-state index is 13.3. The molecular weight excluding hydrogens is 427 g/mol. The molecule has 1 aromatic carbocycles. The average Bonchev–Trinajstić information content (AvgIpc) is 2.81. The van der Waals surface area contributed by atoms with Crippen LogP contribution in [0.2, 0.25) is 0 Å². The van der Waals surface area contributed by atoms with E-state index in [0.29, 0.717) is 39.2 Å². The van der Waals surface area contributed by atoms with Crippen LogP contribution in [0.15, 0.2) is 18.2 Å². The molecule has 0 heterocycles. The Morgan fingerprint density at radius 3 is 1.84 bits per heavy atom. The fraction of sp³-hybridized carbons (Fsp3) is 0.680. The molecule has 184 valence electrons. The zero-order chi connectivity index (χ0) is 24.4. The van der Waals surface area contributed by atoms with E-state index in [-0.39, 0.29) is 11.7 Å². The molecule has 2 unspecified atom stereocenters. The number of carbonyl (C=O) groups excluding carboxylic acids is 2.